The van der Waals surface area contributed by atoms with Crippen LogP contribution in [0.4, 0.5) is 0 Å². The second-order valence-electron chi connectivity index (χ2n) is 5.26. The fourth-order valence-electron chi connectivity index (χ4n) is 2.18. The maximum Gasteiger partial charge on any atom is 0.248 e. The van der Waals surface area contributed by atoms with Gasteiger partial charge in [-0.2, -0.15) is 5.10 Å². The number of hydrogen-bond donors (Lipinski definition) is 0. The van der Waals surface area contributed by atoms with Crippen molar-refractivity contribution >= 4 is 11.6 Å². The first kappa shape index (κ1) is 10.7. The molecule has 0 N–H and O–H groups in total. The zero-order valence-electron chi connectivity index (χ0n) is 9.86. The third-order valence-corrected chi connectivity index (χ3v) is 3.19. The molecule has 0 aromatic rings. The molecule has 1 aliphatic carbocycles. The van der Waals surface area contributed by atoms with E-state index < -0.39 is 0 Å². The molecule has 2 rings (SSSR count). The Balaban J connectivity index is 1.99. The Morgan fingerprint density at radius 1 is 1.40 bits per heavy atom. The number of carbonyl (C=O) groups is 1. The number of nitrogens with zero attached hydrogens (tertiary/aromatic N) is 2. The van der Waals surface area contributed by atoms with Crippen molar-refractivity contribution in [3.05, 3.63) is 0 Å². The molecule has 0 bridgehead atoms. The molecule has 1 aliphatic heterocycles. The zero-order chi connectivity index (χ0) is 11.0. The van der Waals surface area contributed by atoms with Gasteiger partial charge >= 0.3 is 0 Å². The van der Waals surface area contributed by atoms with Gasteiger partial charge in [0.05, 0.1) is 12.5 Å². The zero-order valence-corrected chi connectivity index (χ0v) is 9.86. The Morgan fingerprint density at radius 2 is 2.07 bits per heavy atom. The molecule has 3 nitrogen and oxygen atoms in total. The summed E-state index contributed by atoms with van der Waals surface area (Å²) in [4.78, 5) is 11.8. The lowest BCUT2D eigenvalue weighted by atomic mass is 10.1. The Kier molecular flexibility index (Phi) is 2.81. The van der Waals surface area contributed by atoms with Crippen LogP contribution in [0.2, 0.25) is 0 Å². The van der Waals surface area contributed by atoms with Crippen molar-refractivity contribution < 1.29 is 4.79 Å². The summed E-state index contributed by atoms with van der Waals surface area (Å²) < 4.78 is 0. The third-order valence-electron chi connectivity index (χ3n) is 3.19. The first-order valence-corrected chi connectivity index (χ1v) is 5.96. The van der Waals surface area contributed by atoms with E-state index in [1.807, 2.05) is 0 Å². The van der Waals surface area contributed by atoms with E-state index in [1.165, 1.54) is 12.8 Å². The number of amides is 1. The van der Waals surface area contributed by atoms with Gasteiger partial charge in [0.15, 0.2) is 0 Å². The van der Waals surface area contributed by atoms with Gasteiger partial charge in [-0.05, 0) is 38.0 Å². The van der Waals surface area contributed by atoms with Crippen molar-refractivity contribution in [1.82, 2.24) is 5.01 Å². The number of hydrogen-bond acceptors (Lipinski definition) is 2. The molecule has 1 unspecified atom stereocenters. The standard InChI is InChI=1S/C12H20N2O/c1-8(2)6-11-7-12(15)14(13-11)9(3)10-4-5-10/h8-10H,4-7H2,1-3H3. The summed E-state index contributed by atoms with van der Waals surface area (Å²) in [6.45, 7) is 6.46. The normalized spacial score (nSPS) is 23.6. The summed E-state index contributed by atoms with van der Waals surface area (Å²) in [5.41, 5.74) is 1.07. The Morgan fingerprint density at radius 3 is 2.60 bits per heavy atom. The lowest BCUT2D eigenvalue weighted by Gasteiger charge is -2.19. The van der Waals surface area contributed by atoms with E-state index in [0.717, 1.165) is 12.1 Å². The molecule has 1 fully saturated rings. The molecule has 1 amide bonds. The average molecular weight is 208 g/mol. The topological polar surface area (TPSA) is 32.7 Å². The summed E-state index contributed by atoms with van der Waals surface area (Å²) in [5.74, 6) is 1.49. The molecule has 0 aromatic carbocycles. The van der Waals surface area contributed by atoms with E-state index in [-0.39, 0.29) is 5.91 Å². The highest BCUT2D eigenvalue weighted by atomic mass is 16.2. The average Bonchev–Trinajstić information content (AvgIpc) is 2.90. The van der Waals surface area contributed by atoms with E-state index in [4.69, 9.17) is 0 Å². The quantitative estimate of drug-likeness (QED) is 0.698. The number of carbonyl (C=O) groups excluding carboxylic acids is 1. The van der Waals surface area contributed by atoms with E-state index in [1.54, 1.807) is 5.01 Å². The van der Waals surface area contributed by atoms with Crippen LogP contribution in [0.5, 0.6) is 0 Å². The Bertz CT molecular complexity index is 292. The summed E-state index contributed by atoms with van der Waals surface area (Å²) >= 11 is 0. The van der Waals surface area contributed by atoms with Crippen LogP contribution in [0.1, 0.15) is 46.5 Å². The van der Waals surface area contributed by atoms with Crippen molar-refractivity contribution in [3.63, 3.8) is 0 Å². The van der Waals surface area contributed by atoms with Crippen LogP contribution in [0.15, 0.2) is 5.10 Å². The van der Waals surface area contributed by atoms with Gasteiger partial charge in [-0.25, -0.2) is 5.01 Å². The van der Waals surface area contributed by atoms with Crippen molar-refractivity contribution in [3.8, 4) is 0 Å². The van der Waals surface area contributed by atoms with Gasteiger partial charge in [0, 0.05) is 5.71 Å². The van der Waals surface area contributed by atoms with Crippen LogP contribution >= 0.6 is 0 Å². The van der Waals surface area contributed by atoms with Gasteiger partial charge < -0.3 is 0 Å². The van der Waals surface area contributed by atoms with Crippen LogP contribution in [-0.4, -0.2) is 22.7 Å². The molecular formula is C12H20N2O. The first-order valence-electron chi connectivity index (χ1n) is 5.96. The largest absolute Gasteiger partial charge is 0.273 e. The SMILES string of the molecule is CC(C)CC1=NN(C(C)C2CC2)C(=O)C1. The van der Waals surface area contributed by atoms with Crippen LogP contribution in [0.25, 0.3) is 0 Å². The monoisotopic (exact) mass is 208 g/mol. The molecule has 84 valence electrons. The lowest BCUT2D eigenvalue weighted by Crippen LogP contribution is -2.32. The first-order chi connectivity index (χ1) is 7.08. The molecular weight excluding hydrogens is 188 g/mol. The molecule has 0 saturated heterocycles. The van der Waals surface area contributed by atoms with Crippen LogP contribution < -0.4 is 0 Å². The number of hydrazone groups is 1. The minimum absolute atomic E-state index is 0.199. The van der Waals surface area contributed by atoms with Gasteiger partial charge in [-0.1, -0.05) is 13.8 Å². The van der Waals surface area contributed by atoms with Gasteiger partial charge in [0.1, 0.15) is 0 Å². The van der Waals surface area contributed by atoms with E-state index in [0.29, 0.717) is 24.3 Å². The lowest BCUT2D eigenvalue weighted by molar-refractivity contribution is -0.130. The molecule has 1 saturated carbocycles. The molecule has 0 spiro atoms. The summed E-state index contributed by atoms with van der Waals surface area (Å²) in [6, 6.07) is 0.321. The van der Waals surface area contributed by atoms with Crippen LogP contribution in [-0.2, 0) is 4.79 Å². The predicted octanol–water partition coefficient (Wildman–Crippen LogP) is 2.42. The van der Waals surface area contributed by atoms with Gasteiger partial charge in [-0.3, -0.25) is 4.79 Å². The van der Waals surface area contributed by atoms with Gasteiger partial charge in [0.2, 0.25) is 5.91 Å². The Hall–Kier alpha value is -0.860. The summed E-state index contributed by atoms with van der Waals surface area (Å²) in [5, 5.41) is 6.20. The summed E-state index contributed by atoms with van der Waals surface area (Å²) in [6.07, 6.45) is 4.04. The van der Waals surface area contributed by atoms with E-state index in [2.05, 4.69) is 25.9 Å². The summed E-state index contributed by atoms with van der Waals surface area (Å²) in [7, 11) is 0. The van der Waals surface area contributed by atoms with Crippen LogP contribution in [0.3, 0.4) is 0 Å². The molecule has 1 atom stereocenters. The van der Waals surface area contributed by atoms with Crippen molar-refractivity contribution in [2.75, 3.05) is 0 Å². The molecule has 0 aromatic heterocycles. The maximum absolute atomic E-state index is 11.8. The smallest absolute Gasteiger partial charge is 0.248 e. The van der Waals surface area contributed by atoms with Crippen molar-refractivity contribution in [2.45, 2.75) is 52.5 Å². The molecule has 3 heteroatoms. The van der Waals surface area contributed by atoms with Gasteiger partial charge in [-0.15, -0.1) is 0 Å². The molecule has 15 heavy (non-hydrogen) atoms. The molecule has 0 radical (unpaired) electrons. The van der Waals surface area contributed by atoms with E-state index >= 15 is 0 Å². The van der Waals surface area contributed by atoms with Crippen molar-refractivity contribution in [2.24, 2.45) is 16.9 Å². The second-order valence-corrected chi connectivity index (χ2v) is 5.26. The minimum atomic E-state index is 0.199. The molecule has 2 aliphatic rings. The van der Waals surface area contributed by atoms with Crippen LogP contribution in [0, 0.1) is 11.8 Å². The second kappa shape index (κ2) is 3.95. The fraction of sp³-hybridized carbons (Fsp3) is 0.833. The minimum Gasteiger partial charge on any atom is -0.273 e. The maximum atomic E-state index is 11.8. The van der Waals surface area contributed by atoms with E-state index in [9.17, 15) is 4.79 Å². The highest BCUT2D eigenvalue weighted by Crippen LogP contribution is 2.36. The fourth-order valence-corrected chi connectivity index (χ4v) is 2.18. The molecule has 1 heterocycles. The third kappa shape index (κ3) is 2.39. The highest BCUT2D eigenvalue weighted by Gasteiger charge is 2.37. The van der Waals surface area contributed by atoms with Crippen molar-refractivity contribution in [1.29, 1.82) is 0 Å². The predicted molar refractivity (Wildman–Crippen MR) is 60.5 cm³/mol. The number of rotatable bonds is 4. The Labute approximate surface area is 91.5 Å². The highest BCUT2D eigenvalue weighted by molar-refractivity contribution is 6.05. The van der Waals surface area contributed by atoms with Gasteiger partial charge in [0.25, 0.3) is 0 Å².